The van der Waals surface area contributed by atoms with Gasteiger partial charge in [0, 0.05) is 30.7 Å². The molecule has 1 spiro atoms. The van der Waals surface area contributed by atoms with E-state index in [0.717, 1.165) is 19.4 Å². The third kappa shape index (κ3) is 2.96. The monoisotopic (exact) mass is 449 g/mol. The number of pyridine rings is 1. The minimum atomic E-state index is -1.11. The van der Waals surface area contributed by atoms with Crippen LogP contribution in [0.1, 0.15) is 42.7 Å². The molecule has 5 rings (SSSR count). The summed E-state index contributed by atoms with van der Waals surface area (Å²) in [6.07, 6.45) is 3.28. The van der Waals surface area contributed by atoms with E-state index < -0.39 is 17.3 Å². The Labute approximate surface area is 184 Å². The van der Waals surface area contributed by atoms with Crippen LogP contribution >= 0.6 is 23.2 Å². The molecule has 1 aliphatic carbocycles. The molecule has 3 aliphatic rings. The molecule has 3 heterocycles. The Morgan fingerprint density at radius 1 is 1.27 bits per heavy atom. The molecule has 0 radical (unpaired) electrons. The number of aliphatic hydroxyl groups is 1. The smallest absolute Gasteiger partial charge is 0.251 e. The van der Waals surface area contributed by atoms with Gasteiger partial charge in [-0.15, -0.1) is 0 Å². The van der Waals surface area contributed by atoms with Gasteiger partial charge in [-0.2, -0.15) is 0 Å². The fraction of sp³-hybridized carbons (Fsp3) is 0.455. The van der Waals surface area contributed by atoms with Crippen LogP contribution in [0.5, 0.6) is 0 Å². The number of hydrogen-bond acceptors (Lipinski definition) is 4. The highest BCUT2D eigenvalue weighted by Crippen LogP contribution is 2.58. The molecule has 158 valence electrons. The summed E-state index contributed by atoms with van der Waals surface area (Å²) in [5.74, 6) is -0.260. The van der Waals surface area contributed by atoms with E-state index in [-0.39, 0.29) is 28.7 Å². The molecule has 1 aromatic heterocycles. The zero-order valence-electron chi connectivity index (χ0n) is 16.2. The molecule has 2 fully saturated rings. The minimum Gasteiger partial charge on any atom is -0.396 e. The Bertz CT molecular complexity index is 1020. The molecule has 5 nitrogen and oxygen atoms in total. The lowest BCUT2D eigenvalue weighted by Gasteiger charge is -2.40. The van der Waals surface area contributed by atoms with Gasteiger partial charge in [0.2, 0.25) is 0 Å². The van der Waals surface area contributed by atoms with Gasteiger partial charge in [0.25, 0.3) is 5.91 Å². The van der Waals surface area contributed by atoms with Crippen LogP contribution in [0.4, 0.5) is 10.2 Å². The maximum atomic E-state index is 15.2. The molecule has 2 aromatic rings. The first kappa shape index (κ1) is 20.2. The van der Waals surface area contributed by atoms with Crippen LogP contribution in [0.25, 0.3) is 0 Å². The van der Waals surface area contributed by atoms with Crippen LogP contribution in [0.15, 0.2) is 30.3 Å². The topological polar surface area (TPSA) is 65.5 Å². The van der Waals surface area contributed by atoms with E-state index in [1.54, 1.807) is 18.2 Å². The quantitative estimate of drug-likeness (QED) is 0.666. The number of aromatic nitrogens is 1. The second-order valence-corrected chi connectivity index (χ2v) is 9.24. The molecule has 1 amide bonds. The van der Waals surface area contributed by atoms with Gasteiger partial charge in [0.05, 0.1) is 5.02 Å². The molecule has 0 unspecified atom stereocenters. The van der Waals surface area contributed by atoms with Gasteiger partial charge in [-0.05, 0) is 55.4 Å². The number of aliphatic hydroxyl groups excluding tert-OH is 1. The number of likely N-dealkylation sites (tertiary alicyclic amines) is 1. The molecule has 3 atom stereocenters. The number of fused-ring (bicyclic) bond motifs is 2. The Morgan fingerprint density at radius 2 is 2.07 bits per heavy atom. The van der Waals surface area contributed by atoms with E-state index in [1.807, 2.05) is 6.07 Å². The second-order valence-electron chi connectivity index (χ2n) is 8.44. The first-order chi connectivity index (χ1) is 14.5. The molecule has 1 aromatic carbocycles. The Kier molecular flexibility index (Phi) is 5.01. The fourth-order valence-corrected chi connectivity index (χ4v) is 5.62. The van der Waals surface area contributed by atoms with E-state index in [9.17, 15) is 9.90 Å². The van der Waals surface area contributed by atoms with Crippen LogP contribution in [-0.4, -0.2) is 40.1 Å². The summed E-state index contributed by atoms with van der Waals surface area (Å²) in [5.41, 5.74) is 0.0185. The Hall–Kier alpha value is -1.73. The number of carbonyl (C=O) groups is 1. The van der Waals surface area contributed by atoms with Gasteiger partial charge < -0.3 is 10.4 Å². The van der Waals surface area contributed by atoms with Crippen molar-refractivity contribution >= 4 is 34.9 Å². The number of amides is 1. The fourth-order valence-electron chi connectivity index (χ4n) is 5.29. The van der Waals surface area contributed by atoms with E-state index >= 15 is 4.39 Å². The van der Waals surface area contributed by atoms with Crippen LogP contribution in [-0.2, 0) is 10.3 Å². The van der Waals surface area contributed by atoms with Crippen molar-refractivity contribution in [2.75, 3.05) is 18.5 Å². The van der Waals surface area contributed by atoms with Gasteiger partial charge in [-0.25, -0.2) is 9.37 Å². The number of nitrogens with one attached hydrogen (secondary N) is 1. The first-order valence-electron chi connectivity index (χ1n) is 10.3. The van der Waals surface area contributed by atoms with Crippen molar-refractivity contribution in [1.82, 2.24) is 9.88 Å². The first-order valence-corrected chi connectivity index (χ1v) is 11.0. The molecular formula is C22H22Cl2FN3O2. The highest BCUT2D eigenvalue weighted by Gasteiger charge is 2.64. The molecular weight excluding hydrogens is 428 g/mol. The molecule has 2 N–H and O–H groups in total. The molecule has 1 saturated heterocycles. The van der Waals surface area contributed by atoms with Gasteiger partial charge in [-0.3, -0.25) is 9.69 Å². The van der Waals surface area contributed by atoms with E-state index in [0.29, 0.717) is 35.7 Å². The summed E-state index contributed by atoms with van der Waals surface area (Å²) in [5, 5.41) is 12.9. The largest absolute Gasteiger partial charge is 0.396 e. The lowest BCUT2D eigenvalue weighted by molar-refractivity contribution is -0.128. The third-order valence-electron chi connectivity index (χ3n) is 6.73. The van der Waals surface area contributed by atoms with Crippen LogP contribution in [0, 0.1) is 11.7 Å². The summed E-state index contributed by atoms with van der Waals surface area (Å²) in [6, 6.07) is 8.36. The predicted molar refractivity (Wildman–Crippen MR) is 113 cm³/mol. The predicted octanol–water partition coefficient (Wildman–Crippen LogP) is 4.33. The van der Waals surface area contributed by atoms with Crippen molar-refractivity contribution in [3.05, 3.63) is 57.5 Å². The summed E-state index contributed by atoms with van der Waals surface area (Å²) in [7, 11) is 0. The summed E-state index contributed by atoms with van der Waals surface area (Å²) in [6.45, 7) is 0.721. The highest BCUT2D eigenvalue weighted by molar-refractivity contribution is 6.30. The number of nitrogens with zero attached hydrogens (tertiary/aromatic N) is 2. The number of anilines is 1. The molecule has 1 saturated carbocycles. The standard InChI is InChI=1S/C22H22Cl2FN3O2/c23-17-3-1-2-14(19(17)25)16-10-13(8-9-29)28(11-12-4-5-12)22(16)15-6-7-18(24)26-20(15)27-21(22)30/h1-3,6-7,12-13,16,29H,4-5,8-11H2,(H,26,27,30)/t13-,16+,22+/m0/s1. The summed E-state index contributed by atoms with van der Waals surface area (Å²) < 4.78 is 15.2. The van der Waals surface area contributed by atoms with Gasteiger partial charge in [-0.1, -0.05) is 35.3 Å². The van der Waals surface area contributed by atoms with E-state index in [2.05, 4.69) is 15.2 Å². The van der Waals surface area contributed by atoms with Crippen molar-refractivity contribution in [3.8, 4) is 0 Å². The normalized spacial score (nSPS) is 28.2. The summed E-state index contributed by atoms with van der Waals surface area (Å²) in [4.78, 5) is 20.2. The molecule has 8 heteroatoms. The zero-order chi connectivity index (χ0) is 21.0. The maximum Gasteiger partial charge on any atom is 0.251 e. The van der Waals surface area contributed by atoms with Crippen LogP contribution < -0.4 is 5.32 Å². The number of hydrogen-bond donors (Lipinski definition) is 2. The summed E-state index contributed by atoms with van der Waals surface area (Å²) >= 11 is 12.2. The maximum absolute atomic E-state index is 15.2. The number of halogens is 3. The number of benzene rings is 1. The highest BCUT2D eigenvalue weighted by atomic mass is 35.5. The van der Waals surface area contributed by atoms with Crippen molar-refractivity contribution in [2.45, 2.75) is 43.2 Å². The third-order valence-corrected chi connectivity index (χ3v) is 7.23. The van der Waals surface area contributed by atoms with Gasteiger partial charge in [0.1, 0.15) is 22.3 Å². The molecule has 0 bridgehead atoms. The van der Waals surface area contributed by atoms with Gasteiger partial charge in [0.15, 0.2) is 0 Å². The Balaban J connectivity index is 1.73. The lowest BCUT2D eigenvalue weighted by atomic mass is 9.75. The Morgan fingerprint density at radius 3 is 2.80 bits per heavy atom. The lowest BCUT2D eigenvalue weighted by Crippen LogP contribution is -2.52. The van der Waals surface area contributed by atoms with E-state index in [1.165, 1.54) is 6.07 Å². The van der Waals surface area contributed by atoms with Crippen molar-refractivity contribution in [3.63, 3.8) is 0 Å². The van der Waals surface area contributed by atoms with Crippen LogP contribution in [0.3, 0.4) is 0 Å². The SMILES string of the molecule is O=C1Nc2nc(Cl)ccc2[C@@]12[C@@H](c1cccc(Cl)c1F)C[C@H](CCO)N2CC1CC1. The number of rotatable bonds is 5. The van der Waals surface area contributed by atoms with Crippen molar-refractivity contribution in [1.29, 1.82) is 0 Å². The molecule has 30 heavy (non-hydrogen) atoms. The average molecular weight is 450 g/mol. The average Bonchev–Trinajstić information content (AvgIpc) is 3.42. The van der Waals surface area contributed by atoms with E-state index in [4.69, 9.17) is 23.2 Å². The van der Waals surface area contributed by atoms with Gasteiger partial charge >= 0.3 is 0 Å². The van der Waals surface area contributed by atoms with Crippen molar-refractivity contribution in [2.24, 2.45) is 5.92 Å². The van der Waals surface area contributed by atoms with Crippen molar-refractivity contribution < 1.29 is 14.3 Å². The molecule has 2 aliphatic heterocycles. The van der Waals surface area contributed by atoms with Crippen LogP contribution in [0.2, 0.25) is 10.2 Å². The number of carbonyl (C=O) groups excluding carboxylic acids is 1. The second kappa shape index (κ2) is 7.45. The zero-order valence-corrected chi connectivity index (χ0v) is 17.8. The minimum absolute atomic E-state index is 0.00000531.